The van der Waals surface area contributed by atoms with Gasteiger partial charge in [0.25, 0.3) is 0 Å². The molecule has 2 aromatic heterocycles. The van der Waals surface area contributed by atoms with Crippen molar-refractivity contribution in [1.29, 1.82) is 0 Å². The molecule has 1 unspecified atom stereocenters. The number of rotatable bonds is 6. The highest BCUT2D eigenvalue weighted by molar-refractivity contribution is 5.66. The van der Waals surface area contributed by atoms with Crippen molar-refractivity contribution in [3.63, 3.8) is 0 Å². The molecular formula is C19H21N3O3. The van der Waals surface area contributed by atoms with Crippen molar-refractivity contribution >= 4 is 11.6 Å². The largest absolute Gasteiger partial charge is 0.463 e. The van der Waals surface area contributed by atoms with Crippen LogP contribution in [0, 0.1) is 6.92 Å². The highest BCUT2D eigenvalue weighted by Gasteiger charge is 2.11. The number of benzene rings is 1. The minimum Gasteiger partial charge on any atom is -0.463 e. The van der Waals surface area contributed by atoms with E-state index < -0.39 is 0 Å². The molecule has 0 fully saturated rings. The molecule has 0 N–H and O–H groups in total. The van der Waals surface area contributed by atoms with Crippen LogP contribution in [0.5, 0.6) is 11.6 Å². The van der Waals surface area contributed by atoms with E-state index in [-0.39, 0.29) is 12.1 Å². The molecule has 25 heavy (non-hydrogen) atoms. The Balaban J connectivity index is 1.81. The van der Waals surface area contributed by atoms with E-state index in [4.69, 9.17) is 9.47 Å². The minimum atomic E-state index is -0.268. The van der Waals surface area contributed by atoms with Crippen molar-refractivity contribution in [3.8, 4) is 11.6 Å². The third kappa shape index (κ3) is 4.35. The topological polar surface area (TPSA) is 65.7 Å². The Kier molecular flexibility index (Phi) is 4.97. The highest BCUT2D eigenvalue weighted by atomic mass is 16.5. The molecule has 2 heterocycles. The summed E-state index contributed by atoms with van der Waals surface area (Å²) in [6.07, 6.45) is 2.92. The Bertz CT molecular complexity index is 871. The van der Waals surface area contributed by atoms with Crippen molar-refractivity contribution in [2.75, 3.05) is 0 Å². The Hall–Kier alpha value is -2.89. The maximum absolute atomic E-state index is 11.0. The zero-order chi connectivity index (χ0) is 17.8. The van der Waals surface area contributed by atoms with Crippen LogP contribution in [0.25, 0.3) is 5.65 Å². The van der Waals surface area contributed by atoms with Crippen LogP contribution < -0.4 is 4.74 Å². The maximum Gasteiger partial charge on any atom is 0.302 e. The number of aromatic nitrogens is 3. The third-order valence-corrected chi connectivity index (χ3v) is 3.80. The summed E-state index contributed by atoms with van der Waals surface area (Å²) >= 11 is 0. The number of ether oxygens (including phenoxy) is 2. The van der Waals surface area contributed by atoms with Crippen LogP contribution in [0.2, 0.25) is 0 Å². The van der Waals surface area contributed by atoms with E-state index in [1.807, 2.05) is 50.2 Å². The van der Waals surface area contributed by atoms with Gasteiger partial charge in [-0.15, -0.1) is 0 Å². The van der Waals surface area contributed by atoms with Gasteiger partial charge in [0.1, 0.15) is 5.75 Å². The van der Waals surface area contributed by atoms with Gasteiger partial charge in [-0.3, -0.25) is 4.79 Å². The molecule has 0 spiro atoms. The number of hydrogen-bond acceptors (Lipinski definition) is 5. The van der Waals surface area contributed by atoms with Gasteiger partial charge in [-0.1, -0.05) is 17.7 Å². The molecule has 0 bridgehead atoms. The molecule has 0 aliphatic rings. The van der Waals surface area contributed by atoms with Gasteiger partial charge in [-0.05, 0) is 38.8 Å². The molecule has 6 nitrogen and oxygen atoms in total. The average Bonchev–Trinajstić information content (AvgIpc) is 3.03. The summed E-state index contributed by atoms with van der Waals surface area (Å²) in [5.41, 5.74) is 2.76. The Morgan fingerprint density at radius 3 is 2.72 bits per heavy atom. The lowest BCUT2D eigenvalue weighted by Gasteiger charge is -2.13. The van der Waals surface area contributed by atoms with Crippen molar-refractivity contribution in [2.45, 2.75) is 39.7 Å². The van der Waals surface area contributed by atoms with Gasteiger partial charge in [-0.2, -0.15) is 9.61 Å². The molecule has 3 rings (SSSR count). The number of carbonyl (C=O) groups excluding carboxylic acids is 1. The summed E-state index contributed by atoms with van der Waals surface area (Å²) in [4.78, 5) is 15.6. The molecule has 1 atom stereocenters. The molecule has 0 saturated heterocycles. The van der Waals surface area contributed by atoms with E-state index in [9.17, 15) is 4.79 Å². The zero-order valence-electron chi connectivity index (χ0n) is 14.6. The summed E-state index contributed by atoms with van der Waals surface area (Å²) in [7, 11) is 0. The lowest BCUT2D eigenvalue weighted by atomic mass is 10.1. The number of nitrogens with zero attached hydrogens (tertiary/aromatic N) is 3. The number of fused-ring (bicyclic) bond motifs is 1. The maximum atomic E-state index is 11.0. The van der Waals surface area contributed by atoms with E-state index in [1.54, 1.807) is 10.7 Å². The minimum absolute atomic E-state index is 0.151. The molecular weight excluding hydrogens is 318 g/mol. The molecule has 0 radical (unpaired) electrons. The van der Waals surface area contributed by atoms with Crippen LogP contribution in [0.1, 0.15) is 31.5 Å². The summed E-state index contributed by atoms with van der Waals surface area (Å²) in [5, 5.41) is 4.27. The standard InChI is InChI=1S/C19H21N3O3/c1-13-4-8-17(9-5-13)25-19-12-16(7-6-14(2)24-15(3)23)21-18-10-11-20-22(18)19/h4-5,8-12,14H,6-7H2,1-3H3. The Labute approximate surface area is 146 Å². The molecule has 6 heteroatoms. The van der Waals surface area contributed by atoms with E-state index in [1.165, 1.54) is 12.5 Å². The third-order valence-electron chi connectivity index (χ3n) is 3.80. The number of aryl methyl sites for hydroxylation is 2. The molecule has 130 valence electrons. The van der Waals surface area contributed by atoms with Gasteiger partial charge >= 0.3 is 5.97 Å². The molecule has 3 aromatic rings. The van der Waals surface area contributed by atoms with Crippen LogP contribution >= 0.6 is 0 Å². The summed E-state index contributed by atoms with van der Waals surface area (Å²) in [6.45, 7) is 5.33. The summed E-state index contributed by atoms with van der Waals surface area (Å²) in [5.74, 6) is 1.08. The second-order valence-electron chi connectivity index (χ2n) is 6.06. The molecule has 0 aliphatic carbocycles. The first-order chi connectivity index (χ1) is 12.0. The van der Waals surface area contributed by atoms with E-state index in [2.05, 4.69) is 10.1 Å². The average molecular weight is 339 g/mol. The summed E-state index contributed by atoms with van der Waals surface area (Å²) < 4.78 is 12.8. The Morgan fingerprint density at radius 1 is 1.24 bits per heavy atom. The lowest BCUT2D eigenvalue weighted by molar-refractivity contribution is -0.145. The molecule has 1 aromatic carbocycles. The molecule has 0 saturated carbocycles. The fourth-order valence-electron chi connectivity index (χ4n) is 2.56. The van der Waals surface area contributed by atoms with Gasteiger partial charge in [0.05, 0.1) is 12.3 Å². The number of hydrogen-bond donors (Lipinski definition) is 0. The second kappa shape index (κ2) is 7.34. The van der Waals surface area contributed by atoms with Crippen molar-refractivity contribution in [1.82, 2.24) is 14.6 Å². The zero-order valence-corrected chi connectivity index (χ0v) is 14.6. The van der Waals surface area contributed by atoms with Gasteiger partial charge in [0.2, 0.25) is 5.88 Å². The van der Waals surface area contributed by atoms with Gasteiger partial charge < -0.3 is 9.47 Å². The lowest BCUT2D eigenvalue weighted by Crippen LogP contribution is -2.13. The highest BCUT2D eigenvalue weighted by Crippen LogP contribution is 2.23. The van der Waals surface area contributed by atoms with Crippen LogP contribution in [0.3, 0.4) is 0 Å². The fourth-order valence-corrected chi connectivity index (χ4v) is 2.56. The number of esters is 1. The van der Waals surface area contributed by atoms with Gasteiger partial charge in [-0.25, -0.2) is 4.98 Å². The van der Waals surface area contributed by atoms with Crippen LogP contribution in [0.15, 0.2) is 42.6 Å². The van der Waals surface area contributed by atoms with E-state index in [0.717, 1.165) is 17.1 Å². The van der Waals surface area contributed by atoms with Crippen molar-refractivity contribution in [3.05, 3.63) is 53.9 Å². The first-order valence-corrected chi connectivity index (χ1v) is 8.26. The van der Waals surface area contributed by atoms with E-state index in [0.29, 0.717) is 18.7 Å². The van der Waals surface area contributed by atoms with Crippen LogP contribution in [-0.2, 0) is 16.0 Å². The predicted molar refractivity (Wildman–Crippen MR) is 93.8 cm³/mol. The van der Waals surface area contributed by atoms with Gasteiger partial charge in [0.15, 0.2) is 5.65 Å². The molecule has 0 amide bonds. The quantitative estimate of drug-likeness (QED) is 0.641. The Morgan fingerprint density at radius 2 is 2.00 bits per heavy atom. The van der Waals surface area contributed by atoms with Crippen molar-refractivity contribution in [2.24, 2.45) is 0 Å². The van der Waals surface area contributed by atoms with Crippen LogP contribution in [-0.4, -0.2) is 26.7 Å². The number of carbonyl (C=O) groups is 1. The van der Waals surface area contributed by atoms with Gasteiger partial charge in [0, 0.05) is 24.8 Å². The van der Waals surface area contributed by atoms with Crippen molar-refractivity contribution < 1.29 is 14.3 Å². The smallest absolute Gasteiger partial charge is 0.302 e. The monoisotopic (exact) mass is 339 g/mol. The molecule has 0 aliphatic heterocycles. The first kappa shape index (κ1) is 17.0. The second-order valence-corrected chi connectivity index (χ2v) is 6.06. The summed E-state index contributed by atoms with van der Waals surface area (Å²) in [6, 6.07) is 11.6. The van der Waals surface area contributed by atoms with Crippen LogP contribution in [0.4, 0.5) is 0 Å². The fraction of sp³-hybridized carbons (Fsp3) is 0.316. The normalized spacial score (nSPS) is 12.1. The van der Waals surface area contributed by atoms with E-state index >= 15 is 0 Å². The first-order valence-electron chi connectivity index (χ1n) is 8.26. The predicted octanol–water partition coefficient (Wildman–Crippen LogP) is 3.71. The SMILES string of the molecule is CC(=O)OC(C)CCc1cc(Oc2ccc(C)cc2)n2nccc2n1.